The lowest BCUT2D eigenvalue weighted by Crippen LogP contribution is -2.41. The third kappa shape index (κ3) is 3.70. The van der Waals surface area contributed by atoms with E-state index in [2.05, 4.69) is 42.2 Å². The summed E-state index contributed by atoms with van der Waals surface area (Å²) < 4.78 is 0. The van der Waals surface area contributed by atoms with Gasteiger partial charge in [0, 0.05) is 25.2 Å². The summed E-state index contributed by atoms with van der Waals surface area (Å²) in [4.78, 5) is 2.58. The summed E-state index contributed by atoms with van der Waals surface area (Å²) in [6.45, 7) is 4.56. The molecule has 0 aromatic heterocycles. The number of hydrogen-bond donors (Lipinski definition) is 1. The van der Waals surface area contributed by atoms with Gasteiger partial charge in [0.25, 0.3) is 0 Å². The van der Waals surface area contributed by atoms with Crippen LogP contribution in [0.25, 0.3) is 0 Å². The van der Waals surface area contributed by atoms with Crippen LogP contribution in [0.15, 0.2) is 30.3 Å². The van der Waals surface area contributed by atoms with E-state index in [-0.39, 0.29) is 12.4 Å². The first-order chi connectivity index (χ1) is 7.81. The Hall–Kier alpha value is -0.570. The normalized spacial score (nSPS) is 19.6. The quantitative estimate of drug-likeness (QED) is 0.899. The van der Waals surface area contributed by atoms with Gasteiger partial charge in [0.2, 0.25) is 0 Å². The maximum Gasteiger partial charge on any atom is 0.0345 e. The molecule has 17 heavy (non-hydrogen) atoms. The molecule has 2 nitrogen and oxygen atoms in total. The van der Waals surface area contributed by atoms with Gasteiger partial charge in [0.15, 0.2) is 0 Å². The van der Waals surface area contributed by atoms with E-state index in [1.807, 2.05) is 0 Å². The number of benzene rings is 1. The Labute approximate surface area is 111 Å². The molecule has 0 saturated carbocycles. The molecule has 96 valence electrons. The molecule has 0 amide bonds. The Bertz CT molecular complexity index is 307. The monoisotopic (exact) mass is 254 g/mol. The van der Waals surface area contributed by atoms with Crippen molar-refractivity contribution in [3.05, 3.63) is 35.9 Å². The van der Waals surface area contributed by atoms with Crippen molar-refractivity contribution in [2.24, 2.45) is 5.73 Å². The van der Waals surface area contributed by atoms with E-state index in [0.29, 0.717) is 12.1 Å². The van der Waals surface area contributed by atoms with Gasteiger partial charge >= 0.3 is 0 Å². The van der Waals surface area contributed by atoms with Gasteiger partial charge in [-0.15, -0.1) is 12.4 Å². The van der Waals surface area contributed by atoms with Gasteiger partial charge < -0.3 is 5.73 Å². The van der Waals surface area contributed by atoms with Crippen LogP contribution in [0.2, 0.25) is 0 Å². The lowest BCUT2D eigenvalue weighted by atomic mass is 9.98. The molecule has 1 aliphatic rings. The highest BCUT2D eigenvalue weighted by atomic mass is 35.5. The summed E-state index contributed by atoms with van der Waals surface area (Å²) in [7, 11) is 0. The van der Waals surface area contributed by atoms with Crippen molar-refractivity contribution < 1.29 is 0 Å². The summed E-state index contributed by atoms with van der Waals surface area (Å²) >= 11 is 0. The van der Waals surface area contributed by atoms with Crippen LogP contribution in [0.4, 0.5) is 0 Å². The molecule has 1 unspecified atom stereocenters. The van der Waals surface area contributed by atoms with Crippen molar-refractivity contribution in [2.45, 2.75) is 38.3 Å². The smallest absolute Gasteiger partial charge is 0.0345 e. The van der Waals surface area contributed by atoms with Gasteiger partial charge in [-0.05, 0) is 24.8 Å². The van der Waals surface area contributed by atoms with Crippen LogP contribution in [-0.4, -0.2) is 24.0 Å². The summed E-state index contributed by atoms with van der Waals surface area (Å²) in [5.41, 5.74) is 7.40. The first-order valence-electron chi connectivity index (χ1n) is 6.36. The Balaban J connectivity index is 0.00000144. The molecular formula is C14H23ClN2. The van der Waals surface area contributed by atoms with E-state index in [4.69, 9.17) is 5.73 Å². The lowest BCUT2D eigenvalue weighted by Gasteiger charge is -2.36. The van der Waals surface area contributed by atoms with Crippen LogP contribution < -0.4 is 5.73 Å². The Kier molecular flexibility index (Phi) is 5.96. The molecule has 1 aliphatic heterocycles. The predicted molar refractivity (Wildman–Crippen MR) is 75.5 cm³/mol. The number of likely N-dealkylation sites (tertiary alicyclic amines) is 1. The number of nitrogens with two attached hydrogens (primary N) is 1. The van der Waals surface area contributed by atoms with E-state index in [1.165, 1.54) is 12.0 Å². The highest BCUT2D eigenvalue weighted by molar-refractivity contribution is 5.85. The van der Waals surface area contributed by atoms with Crippen LogP contribution in [0, 0.1) is 0 Å². The fourth-order valence-corrected chi connectivity index (χ4v) is 2.61. The van der Waals surface area contributed by atoms with Crippen molar-refractivity contribution in [1.29, 1.82) is 0 Å². The van der Waals surface area contributed by atoms with Gasteiger partial charge in [-0.3, -0.25) is 4.90 Å². The maximum absolute atomic E-state index is 5.95. The van der Waals surface area contributed by atoms with Crippen LogP contribution in [0.5, 0.6) is 0 Å². The molecule has 1 saturated heterocycles. The van der Waals surface area contributed by atoms with E-state index in [0.717, 1.165) is 25.9 Å². The number of halogens is 1. The first kappa shape index (κ1) is 14.5. The largest absolute Gasteiger partial charge is 0.328 e. The highest BCUT2D eigenvalue weighted by Gasteiger charge is 2.23. The van der Waals surface area contributed by atoms with Gasteiger partial charge in [-0.2, -0.15) is 0 Å². The summed E-state index contributed by atoms with van der Waals surface area (Å²) in [5.74, 6) is 0. The molecular weight excluding hydrogens is 232 g/mol. The zero-order valence-electron chi connectivity index (χ0n) is 10.5. The second-order valence-corrected chi connectivity index (χ2v) is 4.71. The van der Waals surface area contributed by atoms with E-state index in [1.54, 1.807) is 0 Å². The van der Waals surface area contributed by atoms with E-state index in [9.17, 15) is 0 Å². The van der Waals surface area contributed by atoms with Crippen LogP contribution in [0.3, 0.4) is 0 Å². The average molecular weight is 255 g/mol. The molecule has 2 rings (SSSR count). The molecule has 0 aliphatic carbocycles. The Morgan fingerprint density at radius 1 is 1.24 bits per heavy atom. The van der Waals surface area contributed by atoms with Crippen LogP contribution in [-0.2, 0) is 0 Å². The summed E-state index contributed by atoms with van der Waals surface area (Å²) in [5, 5.41) is 0. The highest BCUT2D eigenvalue weighted by Crippen LogP contribution is 2.26. The Morgan fingerprint density at radius 3 is 2.35 bits per heavy atom. The van der Waals surface area contributed by atoms with Crippen LogP contribution in [0.1, 0.15) is 37.8 Å². The van der Waals surface area contributed by atoms with Gasteiger partial charge in [0.05, 0.1) is 0 Å². The lowest BCUT2D eigenvalue weighted by molar-refractivity contribution is 0.149. The molecule has 0 bridgehead atoms. The predicted octanol–water partition coefficient (Wildman–Crippen LogP) is 2.98. The third-order valence-electron chi connectivity index (χ3n) is 3.59. The molecule has 1 heterocycles. The SMILES string of the molecule is CCC(c1ccccc1)N1CCC(N)CC1.Cl. The minimum atomic E-state index is 0. The average Bonchev–Trinajstić information content (AvgIpc) is 2.34. The fourth-order valence-electron chi connectivity index (χ4n) is 2.61. The molecule has 1 atom stereocenters. The topological polar surface area (TPSA) is 29.3 Å². The summed E-state index contributed by atoms with van der Waals surface area (Å²) in [6, 6.07) is 11.8. The van der Waals surface area contributed by atoms with Crippen molar-refractivity contribution in [1.82, 2.24) is 4.90 Å². The van der Waals surface area contributed by atoms with Gasteiger partial charge in [0.1, 0.15) is 0 Å². The zero-order valence-corrected chi connectivity index (χ0v) is 11.3. The molecule has 1 fully saturated rings. The fraction of sp³-hybridized carbons (Fsp3) is 0.571. The molecule has 3 heteroatoms. The third-order valence-corrected chi connectivity index (χ3v) is 3.59. The van der Waals surface area contributed by atoms with Crippen molar-refractivity contribution >= 4 is 12.4 Å². The maximum atomic E-state index is 5.95. The van der Waals surface area contributed by atoms with Crippen molar-refractivity contribution in [2.75, 3.05) is 13.1 Å². The number of nitrogens with zero attached hydrogens (tertiary/aromatic N) is 1. The second-order valence-electron chi connectivity index (χ2n) is 4.71. The van der Waals surface area contributed by atoms with Gasteiger partial charge in [-0.1, -0.05) is 37.3 Å². The van der Waals surface area contributed by atoms with E-state index >= 15 is 0 Å². The number of hydrogen-bond acceptors (Lipinski definition) is 2. The molecule has 1 aromatic carbocycles. The number of rotatable bonds is 3. The second kappa shape index (κ2) is 7.00. The standard InChI is InChI=1S/C14H22N2.ClH/c1-2-14(12-6-4-3-5-7-12)16-10-8-13(15)9-11-16;/h3-7,13-14H,2,8-11,15H2,1H3;1H. The van der Waals surface area contributed by atoms with E-state index < -0.39 is 0 Å². The van der Waals surface area contributed by atoms with Crippen molar-refractivity contribution in [3.63, 3.8) is 0 Å². The Morgan fingerprint density at radius 2 is 1.82 bits per heavy atom. The van der Waals surface area contributed by atoms with Crippen LogP contribution >= 0.6 is 12.4 Å². The molecule has 2 N–H and O–H groups in total. The molecule has 0 radical (unpaired) electrons. The molecule has 1 aromatic rings. The number of piperidine rings is 1. The van der Waals surface area contributed by atoms with Gasteiger partial charge in [-0.25, -0.2) is 0 Å². The zero-order chi connectivity index (χ0) is 11.4. The minimum Gasteiger partial charge on any atom is -0.328 e. The first-order valence-corrected chi connectivity index (χ1v) is 6.36. The van der Waals surface area contributed by atoms with Crippen molar-refractivity contribution in [3.8, 4) is 0 Å². The molecule has 0 spiro atoms. The minimum absolute atomic E-state index is 0. The summed E-state index contributed by atoms with van der Waals surface area (Å²) in [6.07, 6.45) is 3.46.